The number of benzene rings is 1. The SMILES string of the molecule is CC(=O)Nc1ccc(S(=O)(=O)N(C)Cc2cc(C)on2)cc1. The molecule has 1 N–H and O–H groups in total. The Morgan fingerprint density at radius 1 is 1.32 bits per heavy atom. The first kappa shape index (κ1) is 16.2. The average molecular weight is 323 g/mol. The van der Waals surface area contributed by atoms with Crippen LogP contribution in [0.2, 0.25) is 0 Å². The number of rotatable bonds is 5. The summed E-state index contributed by atoms with van der Waals surface area (Å²) in [5.41, 5.74) is 1.08. The average Bonchev–Trinajstić information content (AvgIpc) is 2.84. The molecule has 8 heteroatoms. The Kier molecular flexibility index (Phi) is 4.62. The van der Waals surface area contributed by atoms with Gasteiger partial charge in [-0.2, -0.15) is 4.31 Å². The predicted molar refractivity (Wildman–Crippen MR) is 80.6 cm³/mol. The molecule has 0 saturated carbocycles. The highest BCUT2D eigenvalue weighted by molar-refractivity contribution is 7.89. The van der Waals surface area contributed by atoms with Crippen LogP contribution in [0, 0.1) is 6.92 Å². The maximum absolute atomic E-state index is 12.5. The van der Waals surface area contributed by atoms with Crippen LogP contribution in [0.4, 0.5) is 5.69 Å². The third-order valence-corrected chi connectivity index (χ3v) is 4.76. The zero-order valence-electron chi connectivity index (χ0n) is 12.5. The van der Waals surface area contributed by atoms with Crippen LogP contribution in [0.5, 0.6) is 0 Å². The third kappa shape index (κ3) is 3.71. The Morgan fingerprint density at radius 3 is 2.45 bits per heavy atom. The quantitative estimate of drug-likeness (QED) is 0.905. The molecule has 7 nitrogen and oxygen atoms in total. The van der Waals surface area contributed by atoms with E-state index in [4.69, 9.17) is 4.52 Å². The number of hydrogen-bond donors (Lipinski definition) is 1. The molecular formula is C14H17N3O4S. The molecule has 0 aliphatic carbocycles. The van der Waals surface area contributed by atoms with Crippen molar-refractivity contribution in [1.82, 2.24) is 9.46 Å². The zero-order chi connectivity index (χ0) is 16.3. The predicted octanol–water partition coefficient (Wildman–Crippen LogP) is 1.76. The summed E-state index contributed by atoms with van der Waals surface area (Å²) >= 11 is 0. The lowest BCUT2D eigenvalue weighted by Gasteiger charge is -2.16. The highest BCUT2D eigenvalue weighted by Crippen LogP contribution is 2.19. The van der Waals surface area contributed by atoms with Crippen molar-refractivity contribution in [2.45, 2.75) is 25.3 Å². The second-order valence-corrected chi connectivity index (χ2v) is 6.94. The van der Waals surface area contributed by atoms with Gasteiger partial charge in [0.25, 0.3) is 0 Å². The van der Waals surface area contributed by atoms with Crippen molar-refractivity contribution >= 4 is 21.6 Å². The van der Waals surface area contributed by atoms with Crippen LogP contribution >= 0.6 is 0 Å². The van der Waals surface area contributed by atoms with E-state index in [1.54, 1.807) is 25.1 Å². The molecule has 0 fully saturated rings. The molecule has 0 spiro atoms. The van der Waals surface area contributed by atoms with Gasteiger partial charge in [0.15, 0.2) is 0 Å². The maximum Gasteiger partial charge on any atom is 0.243 e. The lowest BCUT2D eigenvalue weighted by atomic mass is 10.3. The normalized spacial score (nSPS) is 11.6. The van der Waals surface area contributed by atoms with Crippen molar-refractivity contribution in [2.75, 3.05) is 12.4 Å². The molecule has 0 atom stereocenters. The number of amides is 1. The van der Waals surface area contributed by atoms with Gasteiger partial charge in [-0.1, -0.05) is 5.16 Å². The van der Waals surface area contributed by atoms with Crippen LogP contribution < -0.4 is 5.32 Å². The molecule has 0 bridgehead atoms. The molecule has 1 aromatic heterocycles. The van der Waals surface area contributed by atoms with Crippen molar-refractivity contribution in [3.05, 3.63) is 41.8 Å². The molecule has 0 aliphatic heterocycles. The zero-order valence-corrected chi connectivity index (χ0v) is 13.3. The van der Waals surface area contributed by atoms with Crippen LogP contribution in [-0.4, -0.2) is 30.8 Å². The minimum atomic E-state index is -3.63. The Labute approximate surface area is 129 Å². The number of hydrogen-bond acceptors (Lipinski definition) is 5. The van der Waals surface area contributed by atoms with Crippen molar-refractivity contribution < 1.29 is 17.7 Å². The number of carbonyl (C=O) groups is 1. The second-order valence-electron chi connectivity index (χ2n) is 4.90. The number of nitrogens with one attached hydrogen (secondary N) is 1. The minimum Gasteiger partial charge on any atom is -0.361 e. The van der Waals surface area contributed by atoms with Crippen molar-refractivity contribution in [3.8, 4) is 0 Å². The molecule has 1 aromatic carbocycles. The molecule has 0 radical (unpaired) electrons. The van der Waals surface area contributed by atoms with E-state index in [-0.39, 0.29) is 17.3 Å². The van der Waals surface area contributed by atoms with Gasteiger partial charge in [0.2, 0.25) is 15.9 Å². The number of carbonyl (C=O) groups excluding carboxylic acids is 1. The smallest absolute Gasteiger partial charge is 0.243 e. The van der Waals surface area contributed by atoms with Crippen LogP contribution in [0.15, 0.2) is 39.8 Å². The second kappa shape index (κ2) is 6.29. The maximum atomic E-state index is 12.5. The van der Waals surface area contributed by atoms with Crippen molar-refractivity contribution in [3.63, 3.8) is 0 Å². The summed E-state index contributed by atoms with van der Waals surface area (Å²) in [6.07, 6.45) is 0. The molecule has 2 rings (SSSR count). The Morgan fingerprint density at radius 2 is 1.95 bits per heavy atom. The Balaban J connectivity index is 2.16. The van der Waals surface area contributed by atoms with Gasteiger partial charge < -0.3 is 9.84 Å². The number of anilines is 1. The number of nitrogens with zero attached hydrogens (tertiary/aromatic N) is 2. The van der Waals surface area contributed by atoms with E-state index in [0.29, 0.717) is 17.1 Å². The summed E-state index contributed by atoms with van der Waals surface area (Å²) in [4.78, 5) is 11.1. The van der Waals surface area contributed by atoms with E-state index in [1.807, 2.05) is 0 Å². The molecule has 1 amide bonds. The van der Waals surface area contributed by atoms with Gasteiger partial charge in [-0.25, -0.2) is 8.42 Å². The highest BCUT2D eigenvalue weighted by atomic mass is 32.2. The largest absolute Gasteiger partial charge is 0.361 e. The van der Waals surface area contributed by atoms with Crippen LogP contribution in [0.3, 0.4) is 0 Å². The fourth-order valence-electron chi connectivity index (χ4n) is 1.90. The van der Waals surface area contributed by atoms with Crippen molar-refractivity contribution in [1.29, 1.82) is 0 Å². The summed E-state index contributed by atoms with van der Waals surface area (Å²) in [7, 11) is -2.16. The van der Waals surface area contributed by atoms with Gasteiger partial charge in [0.1, 0.15) is 5.76 Å². The van der Waals surface area contributed by atoms with E-state index < -0.39 is 10.0 Å². The number of aryl methyl sites for hydroxylation is 1. The molecule has 1 heterocycles. The highest BCUT2D eigenvalue weighted by Gasteiger charge is 2.22. The van der Waals surface area contributed by atoms with E-state index in [1.165, 1.54) is 30.4 Å². The van der Waals surface area contributed by atoms with Gasteiger partial charge in [-0.15, -0.1) is 0 Å². The monoisotopic (exact) mass is 323 g/mol. The summed E-state index contributed by atoms with van der Waals surface area (Å²) < 4.78 is 31.0. The summed E-state index contributed by atoms with van der Waals surface area (Å²) in [6, 6.07) is 7.67. The van der Waals surface area contributed by atoms with Crippen LogP contribution in [0.1, 0.15) is 18.4 Å². The molecule has 22 heavy (non-hydrogen) atoms. The van der Waals surface area contributed by atoms with Crippen molar-refractivity contribution in [2.24, 2.45) is 0 Å². The van der Waals surface area contributed by atoms with Crippen LogP contribution in [-0.2, 0) is 21.4 Å². The molecule has 0 aliphatic rings. The first-order chi connectivity index (χ1) is 10.3. The summed E-state index contributed by atoms with van der Waals surface area (Å²) in [5, 5.41) is 6.37. The summed E-state index contributed by atoms with van der Waals surface area (Å²) in [5.74, 6) is 0.412. The lowest BCUT2D eigenvalue weighted by molar-refractivity contribution is -0.114. The number of sulfonamides is 1. The minimum absolute atomic E-state index is 0.118. The van der Waals surface area contributed by atoms with Gasteiger partial charge >= 0.3 is 0 Å². The third-order valence-electron chi connectivity index (χ3n) is 2.94. The fourth-order valence-corrected chi connectivity index (χ4v) is 3.04. The lowest BCUT2D eigenvalue weighted by Crippen LogP contribution is -2.26. The van der Waals surface area contributed by atoms with E-state index >= 15 is 0 Å². The molecule has 2 aromatic rings. The molecular weight excluding hydrogens is 306 g/mol. The Bertz CT molecular complexity index is 766. The van der Waals surface area contributed by atoms with E-state index in [2.05, 4.69) is 10.5 Å². The van der Waals surface area contributed by atoms with E-state index in [0.717, 1.165) is 0 Å². The van der Waals surface area contributed by atoms with Crippen LogP contribution in [0.25, 0.3) is 0 Å². The number of aromatic nitrogens is 1. The van der Waals surface area contributed by atoms with Gasteiger partial charge in [0.05, 0.1) is 17.1 Å². The van der Waals surface area contributed by atoms with Gasteiger partial charge in [-0.05, 0) is 31.2 Å². The van der Waals surface area contributed by atoms with Gasteiger partial charge in [0, 0.05) is 25.7 Å². The van der Waals surface area contributed by atoms with Gasteiger partial charge in [-0.3, -0.25) is 4.79 Å². The Hall–Kier alpha value is -2.19. The molecule has 118 valence electrons. The topological polar surface area (TPSA) is 92.5 Å². The first-order valence-corrected chi connectivity index (χ1v) is 7.99. The molecule has 0 unspecified atom stereocenters. The standard InChI is InChI=1S/C14H17N3O4S/c1-10-8-13(16-21-10)9-17(3)22(19,20)14-6-4-12(5-7-14)15-11(2)18/h4-8H,9H2,1-3H3,(H,15,18). The summed E-state index contributed by atoms with van der Waals surface area (Å²) in [6.45, 7) is 3.25. The van der Waals surface area contributed by atoms with E-state index in [9.17, 15) is 13.2 Å². The first-order valence-electron chi connectivity index (χ1n) is 6.55. The molecule has 0 saturated heterocycles. The fraction of sp³-hybridized carbons (Fsp3) is 0.286.